The van der Waals surface area contributed by atoms with Crippen LogP contribution in [-0.4, -0.2) is 18.1 Å². The van der Waals surface area contributed by atoms with E-state index in [0.717, 1.165) is 0 Å². The van der Waals surface area contributed by atoms with Crippen LogP contribution in [0.2, 0.25) is 15.1 Å². The van der Waals surface area contributed by atoms with Crippen LogP contribution in [0.5, 0.6) is 0 Å². The first-order valence-corrected chi connectivity index (χ1v) is 6.35. The van der Waals surface area contributed by atoms with Gasteiger partial charge in [0.25, 0.3) is 0 Å². The number of rotatable bonds is 2. The van der Waals surface area contributed by atoms with Gasteiger partial charge in [0.05, 0.1) is 22.2 Å². The van der Waals surface area contributed by atoms with Gasteiger partial charge < -0.3 is 4.74 Å². The predicted molar refractivity (Wildman–Crippen MR) is 76.0 cm³/mol. The number of aromatic nitrogens is 1. The minimum Gasteiger partial charge on any atom is -0.464 e. The Kier molecular flexibility index (Phi) is 4.30. The fourth-order valence-corrected chi connectivity index (χ4v) is 2.04. The van der Waals surface area contributed by atoms with Gasteiger partial charge in [-0.25, -0.2) is 9.78 Å². The lowest BCUT2D eigenvalue weighted by atomic mass is 10.0. The van der Waals surface area contributed by atoms with Gasteiger partial charge in [-0.1, -0.05) is 40.9 Å². The first-order valence-electron chi connectivity index (χ1n) is 5.22. The Hall–Kier alpha value is -1.29. The highest BCUT2D eigenvalue weighted by Crippen LogP contribution is 2.31. The number of hydrogen-bond donors (Lipinski definition) is 0. The molecule has 1 aromatic carbocycles. The van der Waals surface area contributed by atoms with Crippen LogP contribution in [-0.2, 0) is 4.74 Å². The second-order valence-corrected chi connectivity index (χ2v) is 4.92. The summed E-state index contributed by atoms with van der Waals surface area (Å²) in [4.78, 5) is 15.7. The average molecular weight is 317 g/mol. The number of halogens is 3. The van der Waals surface area contributed by atoms with Gasteiger partial charge in [-0.3, -0.25) is 0 Å². The maximum absolute atomic E-state index is 11.7. The SMILES string of the molecule is COC(=O)c1ncc(Cl)cc1-c1ccc(Cl)c(Cl)c1. The number of carbonyl (C=O) groups excluding carboxylic acids is 1. The van der Waals surface area contributed by atoms with Gasteiger partial charge in [0.1, 0.15) is 0 Å². The van der Waals surface area contributed by atoms with Gasteiger partial charge in [0.2, 0.25) is 0 Å². The van der Waals surface area contributed by atoms with Gasteiger partial charge in [-0.2, -0.15) is 0 Å². The molecular weight excluding hydrogens is 309 g/mol. The molecule has 0 N–H and O–H groups in total. The molecule has 1 aromatic heterocycles. The highest BCUT2D eigenvalue weighted by molar-refractivity contribution is 6.42. The molecule has 0 radical (unpaired) electrons. The molecule has 98 valence electrons. The van der Waals surface area contributed by atoms with Crippen molar-refractivity contribution in [2.45, 2.75) is 0 Å². The van der Waals surface area contributed by atoms with E-state index in [0.29, 0.717) is 26.2 Å². The number of pyridine rings is 1. The summed E-state index contributed by atoms with van der Waals surface area (Å²) in [5.74, 6) is -0.544. The number of ether oxygens (including phenoxy) is 1. The third kappa shape index (κ3) is 3.00. The molecule has 0 aliphatic carbocycles. The molecule has 0 fully saturated rings. The fourth-order valence-electron chi connectivity index (χ4n) is 1.58. The topological polar surface area (TPSA) is 39.2 Å². The van der Waals surface area contributed by atoms with E-state index in [1.54, 1.807) is 24.3 Å². The summed E-state index contributed by atoms with van der Waals surface area (Å²) >= 11 is 17.7. The first kappa shape index (κ1) is 14.1. The van der Waals surface area contributed by atoms with Crippen LogP contribution >= 0.6 is 34.8 Å². The molecule has 0 atom stereocenters. The number of carbonyl (C=O) groups is 1. The molecule has 3 nitrogen and oxygen atoms in total. The summed E-state index contributed by atoms with van der Waals surface area (Å²) in [5.41, 5.74) is 1.40. The zero-order chi connectivity index (χ0) is 14.0. The molecule has 0 aliphatic heterocycles. The van der Waals surface area contributed by atoms with Crippen molar-refractivity contribution in [2.75, 3.05) is 7.11 Å². The Morgan fingerprint density at radius 3 is 2.53 bits per heavy atom. The highest BCUT2D eigenvalue weighted by atomic mass is 35.5. The summed E-state index contributed by atoms with van der Waals surface area (Å²) in [6.45, 7) is 0. The van der Waals surface area contributed by atoms with Crippen molar-refractivity contribution in [2.24, 2.45) is 0 Å². The molecular formula is C13H8Cl3NO2. The molecule has 1 heterocycles. The highest BCUT2D eigenvalue weighted by Gasteiger charge is 2.16. The number of benzene rings is 1. The van der Waals surface area contributed by atoms with Crippen molar-refractivity contribution in [1.29, 1.82) is 0 Å². The smallest absolute Gasteiger partial charge is 0.357 e. The Morgan fingerprint density at radius 1 is 1.16 bits per heavy atom. The van der Waals surface area contributed by atoms with Crippen molar-refractivity contribution < 1.29 is 9.53 Å². The number of nitrogens with zero attached hydrogens (tertiary/aromatic N) is 1. The van der Waals surface area contributed by atoms with Gasteiger partial charge in [0, 0.05) is 11.8 Å². The molecule has 0 saturated carbocycles. The molecule has 0 amide bonds. The van der Waals surface area contributed by atoms with E-state index >= 15 is 0 Å². The van der Waals surface area contributed by atoms with E-state index < -0.39 is 5.97 Å². The average Bonchev–Trinajstić information content (AvgIpc) is 2.41. The molecule has 6 heteroatoms. The van der Waals surface area contributed by atoms with Crippen LogP contribution in [0, 0.1) is 0 Å². The third-order valence-corrected chi connectivity index (χ3v) is 3.41. The zero-order valence-electron chi connectivity index (χ0n) is 9.78. The summed E-state index contributed by atoms with van der Waals surface area (Å²) in [7, 11) is 1.29. The summed E-state index contributed by atoms with van der Waals surface area (Å²) in [5, 5.41) is 1.23. The summed E-state index contributed by atoms with van der Waals surface area (Å²) < 4.78 is 4.69. The quantitative estimate of drug-likeness (QED) is 0.766. The molecule has 0 unspecified atom stereocenters. The largest absolute Gasteiger partial charge is 0.464 e. The van der Waals surface area contributed by atoms with Crippen molar-refractivity contribution in [3.8, 4) is 11.1 Å². The summed E-state index contributed by atoms with van der Waals surface area (Å²) in [6.07, 6.45) is 1.38. The van der Waals surface area contributed by atoms with Gasteiger partial charge in [-0.15, -0.1) is 0 Å². The van der Waals surface area contributed by atoms with Crippen LogP contribution in [0.4, 0.5) is 0 Å². The normalized spacial score (nSPS) is 10.3. The van der Waals surface area contributed by atoms with Gasteiger partial charge in [0.15, 0.2) is 5.69 Å². The minimum atomic E-state index is -0.544. The Morgan fingerprint density at radius 2 is 1.89 bits per heavy atom. The van der Waals surface area contributed by atoms with Crippen LogP contribution in [0.25, 0.3) is 11.1 Å². The fraction of sp³-hybridized carbons (Fsp3) is 0.0769. The standard InChI is InChI=1S/C13H8Cl3NO2/c1-19-13(18)12-9(5-8(14)6-17-12)7-2-3-10(15)11(16)4-7/h2-6H,1H3. The van der Waals surface area contributed by atoms with E-state index in [-0.39, 0.29) is 5.69 Å². The van der Waals surface area contributed by atoms with Gasteiger partial charge in [-0.05, 0) is 23.8 Å². The molecule has 0 saturated heterocycles. The van der Waals surface area contributed by atoms with Crippen molar-refractivity contribution in [3.63, 3.8) is 0 Å². The number of methoxy groups -OCH3 is 1. The van der Waals surface area contributed by atoms with E-state index in [4.69, 9.17) is 34.8 Å². The first-order chi connectivity index (χ1) is 9.02. The van der Waals surface area contributed by atoms with E-state index in [2.05, 4.69) is 9.72 Å². The molecule has 0 aliphatic rings. The van der Waals surface area contributed by atoms with Crippen LogP contribution in [0.3, 0.4) is 0 Å². The second-order valence-electron chi connectivity index (χ2n) is 3.67. The summed E-state index contributed by atoms with van der Waals surface area (Å²) in [6, 6.07) is 6.64. The number of esters is 1. The lowest BCUT2D eigenvalue weighted by molar-refractivity contribution is 0.0595. The van der Waals surface area contributed by atoms with Crippen molar-refractivity contribution >= 4 is 40.8 Å². The lowest BCUT2D eigenvalue weighted by Crippen LogP contribution is -2.06. The molecule has 2 rings (SSSR count). The van der Waals surface area contributed by atoms with E-state index in [1.165, 1.54) is 13.3 Å². The third-order valence-electron chi connectivity index (χ3n) is 2.46. The lowest BCUT2D eigenvalue weighted by Gasteiger charge is -2.08. The number of hydrogen-bond acceptors (Lipinski definition) is 3. The molecule has 0 spiro atoms. The molecule has 0 bridgehead atoms. The van der Waals surface area contributed by atoms with Gasteiger partial charge >= 0.3 is 5.97 Å². The van der Waals surface area contributed by atoms with Crippen molar-refractivity contribution in [3.05, 3.63) is 51.2 Å². The van der Waals surface area contributed by atoms with E-state index in [1.807, 2.05) is 0 Å². The maximum atomic E-state index is 11.7. The van der Waals surface area contributed by atoms with Crippen LogP contribution in [0.15, 0.2) is 30.5 Å². The predicted octanol–water partition coefficient (Wildman–Crippen LogP) is 4.50. The van der Waals surface area contributed by atoms with Crippen LogP contribution in [0.1, 0.15) is 10.5 Å². The molecule has 2 aromatic rings. The Labute approximate surface area is 125 Å². The Balaban J connectivity index is 2.62. The minimum absolute atomic E-state index is 0.172. The van der Waals surface area contributed by atoms with Crippen molar-refractivity contribution in [1.82, 2.24) is 4.98 Å². The van der Waals surface area contributed by atoms with Crippen LogP contribution < -0.4 is 0 Å². The second kappa shape index (κ2) is 5.78. The monoisotopic (exact) mass is 315 g/mol. The molecule has 19 heavy (non-hydrogen) atoms. The zero-order valence-corrected chi connectivity index (χ0v) is 12.1. The Bertz CT molecular complexity index is 644. The van der Waals surface area contributed by atoms with E-state index in [9.17, 15) is 4.79 Å². The maximum Gasteiger partial charge on any atom is 0.357 e.